The van der Waals surface area contributed by atoms with Gasteiger partial charge in [-0.15, -0.1) is 0 Å². The van der Waals surface area contributed by atoms with Gasteiger partial charge in [0.1, 0.15) is 6.29 Å². The van der Waals surface area contributed by atoms with Gasteiger partial charge in [-0.3, -0.25) is 4.79 Å². The first-order valence-electron chi connectivity index (χ1n) is 5.28. The minimum Gasteiger partial charge on any atom is -0.302 e. The molecule has 2 rings (SSSR count). The molecular formula is C12H12F3NO. The maximum Gasteiger partial charge on any atom is 0.416 e. The Morgan fingerprint density at radius 2 is 2.06 bits per heavy atom. The number of hydrogen-bond donors (Lipinski definition) is 0. The van der Waals surface area contributed by atoms with E-state index < -0.39 is 11.7 Å². The summed E-state index contributed by atoms with van der Waals surface area (Å²) in [5.74, 6) is 0. The standard InChI is InChI=1S/C12H12F3NO/c1-16-3-2-9-4-8(7-17)5-11(10(9)6-16)12(13,14)15/h4-5,7H,2-3,6H2,1H3. The van der Waals surface area contributed by atoms with Crippen LogP contribution in [-0.4, -0.2) is 24.8 Å². The highest BCUT2D eigenvalue weighted by Gasteiger charge is 2.35. The number of aldehydes is 1. The molecule has 1 heterocycles. The number of likely N-dealkylation sites (N-methyl/N-ethyl adjacent to an activating group) is 1. The number of benzene rings is 1. The molecule has 17 heavy (non-hydrogen) atoms. The van der Waals surface area contributed by atoms with E-state index in [9.17, 15) is 18.0 Å². The summed E-state index contributed by atoms with van der Waals surface area (Å²) in [6.45, 7) is 0.996. The van der Waals surface area contributed by atoms with Crippen LogP contribution in [0.1, 0.15) is 27.0 Å². The number of rotatable bonds is 1. The number of fused-ring (bicyclic) bond motifs is 1. The van der Waals surface area contributed by atoms with E-state index in [-0.39, 0.29) is 12.1 Å². The third kappa shape index (κ3) is 2.34. The molecule has 0 spiro atoms. The lowest BCUT2D eigenvalue weighted by Gasteiger charge is -2.28. The Balaban J connectivity index is 2.59. The van der Waals surface area contributed by atoms with E-state index in [1.807, 2.05) is 4.90 Å². The molecule has 0 unspecified atom stereocenters. The number of hydrogen-bond acceptors (Lipinski definition) is 2. The van der Waals surface area contributed by atoms with Crippen molar-refractivity contribution in [3.8, 4) is 0 Å². The molecule has 92 valence electrons. The first-order valence-corrected chi connectivity index (χ1v) is 5.28. The quantitative estimate of drug-likeness (QED) is 0.706. The first-order chi connectivity index (χ1) is 7.91. The summed E-state index contributed by atoms with van der Waals surface area (Å²) >= 11 is 0. The second-order valence-corrected chi connectivity index (χ2v) is 4.31. The molecule has 0 aliphatic carbocycles. The molecule has 0 bridgehead atoms. The Bertz CT molecular complexity index is 454. The predicted octanol–water partition coefficient (Wildman–Crippen LogP) is 2.51. The number of nitrogens with zero attached hydrogens (tertiary/aromatic N) is 1. The van der Waals surface area contributed by atoms with Crippen LogP contribution < -0.4 is 0 Å². The Labute approximate surface area is 97.0 Å². The predicted molar refractivity (Wildman–Crippen MR) is 56.9 cm³/mol. The van der Waals surface area contributed by atoms with Gasteiger partial charge in [-0.25, -0.2) is 0 Å². The second kappa shape index (κ2) is 4.14. The van der Waals surface area contributed by atoms with Gasteiger partial charge in [-0.1, -0.05) is 0 Å². The highest BCUT2D eigenvalue weighted by molar-refractivity contribution is 5.76. The van der Waals surface area contributed by atoms with Crippen molar-refractivity contribution in [3.63, 3.8) is 0 Å². The Hall–Kier alpha value is -1.36. The molecule has 0 atom stereocenters. The molecule has 1 aliphatic rings. The summed E-state index contributed by atoms with van der Waals surface area (Å²) in [4.78, 5) is 12.5. The van der Waals surface area contributed by atoms with Crippen molar-refractivity contribution in [2.75, 3.05) is 13.6 Å². The summed E-state index contributed by atoms with van der Waals surface area (Å²) in [5.41, 5.74) is 0.362. The van der Waals surface area contributed by atoms with Crippen molar-refractivity contribution in [2.45, 2.75) is 19.1 Å². The van der Waals surface area contributed by atoms with E-state index in [1.165, 1.54) is 0 Å². The highest BCUT2D eigenvalue weighted by Crippen LogP contribution is 2.36. The van der Waals surface area contributed by atoms with Crippen LogP contribution in [0, 0.1) is 0 Å². The molecule has 1 aliphatic heterocycles. The van der Waals surface area contributed by atoms with Crippen LogP contribution in [-0.2, 0) is 19.1 Å². The minimum atomic E-state index is -4.40. The van der Waals surface area contributed by atoms with E-state index in [4.69, 9.17) is 0 Å². The fourth-order valence-electron chi connectivity index (χ4n) is 2.15. The lowest BCUT2D eigenvalue weighted by molar-refractivity contribution is -0.138. The normalized spacial score (nSPS) is 16.7. The summed E-state index contributed by atoms with van der Waals surface area (Å²) < 4.78 is 38.7. The lowest BCUT2D eigenvalue weighted by Crippen LogP contribution is -2.29. The largest absolute Gasteiger partial charge is 0.416 e. The summed E-state index contributed by atoms with van der Waals surface area (Å²) in [6.07, 6.45) is -3.38. The van der Waals surface area contributed by atoms with Crippen LogP contribution in [0.3, 0.4) is 0 Å². The van der Waals surface area contributed by atoms with Crippen LogP contribution in [0.2, 0.25) is 0 Å². The second-order valence-electron chi connectivity index (χ2n) is 4.31. The average Bonchev–Trinajstić information content (AvgIpc) is 2.26. The maximum absolute atomic E-state index is 12.9. The molecule has 1 aromatic carbocycles. The van der Waals surface area contributed by atoms with E-state index in [0.29, 0.717) is 30.4 Å². The maximum atomic E-state index is 12.9. The third-order valence-electron chi connectivity index (χ3n) is 3.00. The van der Waals surface area contributed by atoms with Crippen LogP contribution in [0.4, 0.5) is 13.2 Å². The SMILES string of the molecule is CN1CCc2cc(C=O)cc(C(F)(F)F)c2C1. The van der Waals surface area contributed by atoms with Gasteiger partial charge in [0.25, 0.3) is 0 Å². The zero-order valence-electron chi connectivity index (χ0n) is 9.34. The smallest absolute Gasteiger partial charge is 0.302 e. The van der Waals surface area contributed by atoms with E-state index in [0.717, 1.165) is 6.07 Å². The number of halogens is 3. The van der Waals surface area contributed by atoms with Crippen LogP contribution in [0.15, 0.2) is 12.1 Å². The van der Waals surface area contributed by atoms with E-state index in [1.54, 1.807) is 13.1 Å². The topological polar surface area (TPSA) is 20.3 Å². The highest BCUT2D eigenvalue weighted by atomic mass is 19.4. The van der Waals surface area contributed by atoms with Gasteiger partial charge in [0, 0.05) is 18.7 Å². The van der Waals surface area contributed by atoms with Gasteiger partial charge in [0.2, 0.25) is 0 Å². The van der Waals surface area contributed by atoms with Crippen molar-refractivity contribution in [2.24, 2.45) is 0 Å². The monoisotopic (exact) mass is 243 g/mol. The lowest BCUT2D eigenvalue weighted by atomic mass is 9.92. The first kappa shape index (κ1) is 12.1. The molecule has 2 nitrogen and oxygen atoms in total. The Morgan fingerprint density at radius 1 is 1.35 bits per heavy atom. The molecule has 0 radical (unpaired) electrons. The number of carbonyl (C=O) groups is 1. The molecule has 0 saturated carbocycles. The summed E-state index contributed by atoms with van der Waals surface area (Å²) in [7, 11) is 1.79. The van der Waals surface area contributed by atoms with Gasteiger partial charge in [-0.2, -0.15) is 13.2 Å². The third-order valence-corrected chi connectivity index (χ3v) is 3.00. The van der Waals surface area contributed by atoms with Gasteiger partial charge >= 0.3 is 6.18 Å². The van der Waals surface area contributed by atoms with Crippen LogP contribution in [0.25, 0.3) is 0 Å². The number of alkyl halides is 3. The van der Waals surface area contributed by atoms with Gasteiger partial charge in [-0.05, 0) is 36.7 Å². The molecule has 0 N–H and O–H groups in total. The Kier molecular flexibility index (Phi) is 2.95. The zero-order valence-corrected chi connectivity index (χ0v) is 9.34. The minimum absolute atomic E-state index is 0.0978. The fraction of sp³-hybridized carbons (Fsp3) is 0.417. The van der Waals surface area contributed by atoms with Crippen molar-refractivity contribution in [1.82, 2.24) is 4.90 Å². The molecule has 1 aromatic rings. The van der Waals surface area contributed by atoms with Crippen molar-refractivity contribution >= 4 is 6.29 Å². The van der Waals surface area contributed by atoms with Gasteiger partial charge < -0.3 is 4.90 Å². The molecular weight excluding hydrogens is 231 g/mol. The van der Waals surface area contributed by atoms with Crippen molar-refractivity contribution < 1.29 is 18.0 Å². The van der Waals surface area contributed by atoms with E-state index in [2.05, 4.69) is 0 Å². The molecule has 5 heteroatoms. The summed E-state index contributed by atoms with van der Waals surface area (Å²) in [6, 6.07) is 2.50. The fourth-order valence-corrected chi connectivity index (χ4v) is 2.15. The van der Waals surface area contributed by atoms with E-state index >= 15 is 0 Å². The zero-order chi connectivity index (χ0) is 12.6. The van der Waals surface area contributed by atoms with Crippen molar-refractivity contribution in [3.05, 3.63) is 34.4 Å². The molecule has 0 amide bonds. The van der Waals surface area contributed by atoms with Gasteiger partial charge in [0.15, 0.2) is 0 Å². The molecule has 0 fully saturated rings. The summed E-state index contributed by atoms with van der Waals surface area (Å²) in [5, 5.41) is 0. The Morgan fingerprint density at radius 3 is 2.65 bits per heavy atom. The molecule has 0 aromatic heterocycles. The molecule has 0 saturated heterocycles. The van der Waals surface area contributed by atoms with Gasteiger partial charge in [0.05, 0.1) is 5.56 Å². The average molecular weight is 243 g/mol. The van der Waals surface area contributed by atoms with Crippen molar-refractivity contribution in [1.29, 1.82) is 0 Å². The van der Waals surface area contributed by atoms with Crippen LogP contribution in [0.5, 0.6) is 0 Å². The van der Waals surface area contributed by atoms with Crippen LogP contribution >= 0.6 is 0 Å². The number of carbonyl (C=O) groups excluding carboxylic acids is 1.